The Hall–Kier alpha value is -1.13. The maximum atomic E-state index is 13.0. The molecule has 82 valence electrons. The van der Waals surface area contributed by atoms with Crippen LogP contribution in [0.15, 0.2) is 18.2 Å². The van der Waals surface area contributed by atoms with Crippen molar-refractivity contribution < 1.29 is 19.4 Å². The van der Waals surface area contributed by atoms with E-state index in [1.807, 2.05) is 0 Å². The molecule has 0 amide bonds. The number of carboxylic acids is 1. The van der Waals surface area contributed by atoms with Gasteiger partial charge in [0.05, 0.1) is 11.1 Å². The second-order valence-electron chi connectivity index (χ2n) is 3.12. The van der Waals surface area contributed by atoms with Crippen LogP contribution in [0.1, 0.15) is 24.5 Å². The zero-order valence-corrected chi connectivity index (χ0v) is 8.54. The topological polar surface area (TPSA) is 57.5 Å². The molecule has 1 aromatic rings. The third-order valence-corrected chi connectivity index (χ3v) is 2.27. The molecule has 1 unspecified atom stereocenters. The lowest BCUT2D eigenvalue weighted by Gasteiger charge is -2.09. The molecule has 0 saturated carbocycles. The SMILES string of the molecule is O=C(O)CCC(O)c1ccc(Cl)c(F)c1. The second-order valence-corrected chi connectivity index (χ2v) is 3.53. The van der Waals surface area contributed by atoms with Crippen molar-refractivity contribution in [3.8, 4) is 0 Å². The number of carboxylic acid groups (broad SMARTS) is 1. The van der Waals surface area contributed by atoms with Crippen LogP contribution >= 0.6 is 11.6 Å². The lowest BCUT2D eigenvalue weighted by atomic mass is 10.1. The molecule has 0 spiro atoms. The summed E-state index contributed by atoms with van der Waals surface area (Å²) in [6, 6.07) is 3.91. The van der Waals surface area contributed by atoms with Gasteiger partial charge < -0.3 is 10.2 Å². The van der Waals surface area contributed by atoms with Gasteiger partial charge in [0, 0.05) is 6.42 Å². The number of hydrogen-bond donors (Lipinski definition) is 2. The summed E-state index contributed by atoms with van der Waals surface area (Å²) >= 11 is 5.46. The van der Waals surface area contributed by atoms with E-state index >= 15 is 0 Å². The first-order valence-corrected chi connectivity index (χ1v) is 4.73. The zero-order valence-electron chi connectivity index (χ0n) is 7.78. The van der Waals surface area contributed by atoms with Crippen molar-refractivity contribution in [1.29, 1.82) is 0 Å². The van der Waals surface area contributed by atoms with Gasteiger partial charge in [-0.05, 0) is 24.1 Å². The largest absolute Gasteiger partial charge is 0.481 e. The van der Waals surface area contributed by atoms with Gasteiger partial charge in [0.1, 0.15) is 5.82 Å². The van der Waals surface area contributed by atoms with Gasteiger partial charge in [0.2, 0.25) is 0 Å². The average molecular weight is 233 g/mol. The molecule has 15 heavy (non-hydrogen) atoms. The molecule has 2 N–H and O–H groups in total. The van der Waals surface area contributed by atoms with Gasteiger partial charge in [-0.25, -0.2) is 4.39 Å². The van der Waals surface area contributed by atoms with Crippen molar-refractivity contribution in [3.63, 3.8) is 0 Å². The first-order valence-electron chi connectivity index (χ1n) is 4.35. The van der Waals surface area contributed by atoms with Gasteiger partial charge in [0.25, 0.3) is 0 Å². The fourth-order valence-electron chi connectivity index (χ4n) is 1.15. The number of carbonyl (C=O) groups is 1. The molecule has 0 aliphatic carbocycles. The van der Waals surface area contributed by atoms with E-state index in [1.165, 1.54) is 12.1 Å². The second kappa shape index (κ2) is 5.09. The van der Waals surface area contributed by atoms with E-state index in [9.17, 15) is 14.3 Å². The van der Waals surface area contributed by atoms with Crippen LogP contribution in [0.2, 0.25) is 5.02 Å². The Morgan fingerprint density at radius 1 is 1.53 bits per heavy atom. The molecular formula is C10H10ClFO3. The van der Waals surface area contributed by atoms with Gasteiger partial charge in [-0.3, -0.25) is 4.79 Å². The molecule has 0 saturated heterocycles. The average Bonchev–Trinajstić information content (AvgIpc) is 2.18. The van der Waals surface area contributed by atoms with Crippen molar-refractivity contribution in [2.24, 2.45) is 0 Å². The molecule has 0 aliphatic rings. The summed E-state index contributed by atoms with van der Waals surface area (Å²) in [6.07, 6.45) is -1.09. The van der Waals surface area contributed by atoms with Gasteiger partial charge in [-0.1, -0.05) is 17.7 Å². The van der Waals surface area contributed by atoms with Gasteiger partial charge >= 0.3 is 5.97 Å². The minimum Gasteiger partial charge on any atom is -0.481 e. The molecule has 3 nitrogen and oxygen atoms in total. The van der Waals surface area contributed by atoms with E-state index in [-0.39, 0.29) is 17.9 Å². The van der Waals surface area contributed by atoms with Crippen LogP contribution in [0.5, 0.6) is 0 Å². The van der Waals surface area contributed by atoms with E-state index in [0.29, 0.717) is 5.56 Å². The van der Waals surface area contributed by atoms with Crippen molar-refractivity contribution in [2.45, 2.75) is 18.9 Å². The Balaban J connectivity index is 2.69. The Morgan fingerprint density at radius 2 is 2.20 bits per heavy atom. The van der Waals surface area contributed by atoms with Gasteiger partial charge in [-0.2, -0.15) is 0 Å². The molecule has 5 heteroatoms. The first kappa shape index (κ1) is 11.9. The lowest BCUT2D eigenvalue weighted by Crippen LogP contribution is -2.02. The first-order chi connectivity index (χ1) is 7.00. The van der Waals surface area contributed by atoms with Gasteiger partial charge in [0.15, 0.2) is 0 Å². The number of aliphatic hydroxyl groups is 1. The monoisotopic (exact) mass is 232 g/mol. The highest BCUT2D eigenvalue weighted by Crippen LogP contribution is 2.22. The number of hydrogen-bond acceptors (Lipinski definition) is 2. The molecule has 0 aliphatic heterocycles. The highest BCUT2D eigenvalue weighted by atomic mass is 35.5. The molecule has 1 aromatic carbocycles. The third kappa shape index (κ3) is 3.49. The van der Waals surface area contributed by atoms with Crippen LogP contribution in [-0.2, 0) is 4.79 Å². The summed E-state index contributed by atoms with van der Waals surface area (Å²) in [5.41, 5.74) is 0.332. The number of halogens is 2. The quantitative estimate of drug-likeness (QED) is 0.838. The molecule has 0 heterocycles. The zero-order chi connectivity index (χ0) is 11.4. The molecule has 0 fully saturated rings. The number of aliphatic carboxylic acids is 1. The molecule has 0 bridgehead atoms. The van der Waals surface area contributed by atoms with E-state index in [0.717, 1.165) is 6.07 Å². The molecule has 0 aromatic heterocycles. The van der Waals surface area contributed by atoms with Crippen LogP contribution in [0.25, 0.3) is 0 Å². The summed E-state index contributed by atoms with van der Waals surface area (Å²) in [5.74, 6) is -1.62. The highest BCUT2D eigenvalue weighted by molar-refractivity contribution is 6.30. The Morgan fingerprint density at radius 3 is 2.73 bits per heavy atom. The lowest BCUT2D eigenvalue weighted by molar-refractivity contribution is -0.137. The Labute approximate surface area is 91.1 Å². The maximum absolute atomic E-state index is 13.0. The Bertz CT molecular complexity index is 368. The predicted molar refractivity (Wildman–Crippen MR) is 53.2 cm³/mol. The predicted octanol–water partition coefficient (Wildman–Crippen LogP) is 2.38. The highest BCUT2D eigenvalue weighted by Gasteiger charge is 2.11. The van der Waals surface area contributed by atoms with E-state index in [2.05, 4.69) is 0 Å². The third-order valence-electron chi connectivity index (χ3n) is 1.96. The van der Waals surface area contributed by atoms with E-state index < -0.39 is 17.9 Å². The fraction of sp³-hybridized carbons (Fsp3) is 0.300. The standard InChI is InChI=1S/C10H10ClFO3/c11-7-2-1-6(5-8(7)12)9(13)3-4-10(14)15/h1-2,5,9,13H,3-4H2,(H,14,15). The number of aliphatic hydroxyl groups excluding tert-OH is 1. The molecular weight excluding hydrogens is 223 g/mol. The van der Waals surface area contributed by atoms with Crippen LogP contribution in [0.3, 0.4) is 0 Å². The number of rotatable bonds is 4. The minimum absolute atomic E-state index is 0.0239. The van der Waals surface area contributed by atoms with Crippen molar-refractivity contribution in [2.75, 3.05) is 0 Å². The van der Waals surface area contributed by atoms with Crippen LogP contribution in [-0.4, -0.2) is 16.2 Å². The van der Waals surface area contributed by atoms with Crippen LogP contribution in [0, 0.1) is 5.82 Å². The molecule has 1 atom stereocenters. The van der Waals surface area contributed by atoms with E-state index in [1.54, 1.807) is 0 Å². The van der Waals surface area contributed by atoms with Crippen molar-refractivity contribution >= 4 is 17.6 Å². The van der Waals surface area contributed by atoms with Crippen molar-refractivity contribution in [1.82, 2.24) is 0 Å². The summed E-state index contributed by atoms with van der Waals surface area (Å²) in [7, 11) is 0. The summed E-state index contributed by atoms with van der Waals surface area (Å²) in [5, 5.41) is 17.9. The number of benzene rings is 1. The van der Waals surface area contributed by atoms with Gasteiger partial charge in [-0.15, -0.1) is 0 Å². The molecule has 0 radical (unpaired) electrons. The van der Waals surface area contributed by atoms with Crippen molar-refractivity contribution in [3.05, 3.63) is 34.6 Å². The fourth-order valence-corrected chi connectivity index (χ4v) is 1.26. The van der Waals surface area contributed by atoms with E-state index in [4.69, 9.17) is 16.7 Å². The maximum Gasteiger partial charge on any atom is 0.303 e. The summed E-state index contributed by atoms with van der Waals surface area (Å²) < 4.78 is 13.0. The van der Waals surface area contributed by atoms with Crippen LogP contribution in [0.4, 0.5) is 4.39 Å². The minimum atomic E-state index is -0.997. The van der Waals surface area contributed by atoms with Crippen LogP contribution < -0.4 is 0 Å². The molecule has 1 rings (SSSR count). The summed E-state index contributed by atoms with van der Waals surface area (Å²) in [4.78, 5) is 10.2. The smallest absolute Gasteiger partial charge is 0.303 e. The summed E-state index contributed by atoms with van der Waals surface area (Å²) in [6.45, 7) is 0. The normalized spacial score (nSPS) is 12.5. The Kier molecular flexibility index (Phi) is 4.05.